The molecule has 298 valence electrons. The molecule has 3 saturated heterocycles. The number of nitrogens with zero attached hydrogens (tertiary/aromatic N) is 2. The highest BCUT2D eigenvalue weighted by Crippen LogP contribution is 2.50. The van der Waals surface area contributed by atoms with E-state index in [1.165, 1.54) is 7.11 Å². The SMILES string of the molecule is CO[C@]1(C)C[C@H](O[C@H]2[C@H](C)[C@@H](O[C@@H]3O[C@H](C)C[C@H](N(C)C)[C@H]3O)C(C)(O)C[C@H](C)CN(C)[C@H](C)[C@@H](O)[C@@]3(O)C(C)[C@H]3OC(=O)[C@@H]2C)O[C@@H](C)[C@@H]1O. The minimum Gasteiger partial charge on any atom is -0.458 e. The van der Waals surface area contributed by atoms with Gasteiger partial charge >= 0.3 is 5.97 Å². The van der Waals surface area contributed by atoms with Crippen LogP contribution in [-0.4, -0.2) is 166 Å². The van der Waals surface area contributed by atoms with Crippen LogP contribution < -0.4 is 0 Å². The number of aliphatic hydroxyl groups is 5. The van der Waals surface area contributed by atoms with Gasteiger partial charge in [-0.15, -0.1) is 0 Å². The molecule has 0 amide bonds. The first-order chi connectivity index (χ1) is 23.5. The van der Waals surface area contributed by atoms with Gasteiger partial charge in [0.2, 0.25) is 0 Å². The number of rotatable bonds is 6. The second-order valence-corrected chi connectivity index (χ2v) is 17.1. The Labute approximate surface area is 304 Å². The van der Waals surface area contributed by atoms with E-state index in [2.05, 4.69) is 0 Å². The third kappa shape index (κ3) is 8.63. The van der Waals surface area contributed by atoms with Crippen LogP contribution in [0.5, 0.6) is 0 Å². The van der Waals surface area contributed by atoms with Crippen molar-refractivity contribution < 1.29 is 58.7 Å². The zero-order chi connectivity index (χ0) is 38.5. The van der Waals surface area contributed by atoms with Crippen molar-refractivity contribution in [1.82, 2.24) is 9.80 Å². The average Bonchev–Trinajstić information content (AvgIpc) is 3.57. The number of aliphatic hydroxyl groups excluding tert-OH is 3. The summed E-state index contributed by atoms with van der Waals surface area (Å²) < 4.78 is 37.4. The summed E-state index contributed by atoms with van der Waals surface area (Å²) in [7, 11) is 7.13. The van der Waals surface area contributed by atoms with E-state index in [-0.39, 0.29) is 30.9 Å². The Morgan fingerprint density at radius 3 is 2.14 bits per heavy atom. The predicted octanol–water partition coefficient (Wildman–Crippen LogP) is 1.12. The smallest absolute Gasteiger partial charge is 0.311 e. The zero-order valence-electron chi connectivity index (χ0n) is 33.1. The van der Waals surface area contributed by atoms with Gasteiger partial charge in [-0.1, -0.05) is 20.8 Å². The largest absolute Gasteiger partial charge is 0.458 e. The Morgan fingerprint density at radius 1 is 0.922 bits per heavy atom. The molecule has 0 bridgehead atoms. The van der Waals surface area contributed by atoms with Gasteiger partial charge in [0, 0.05) is 44.0 Å². The quantitative estimate of drug-likeness (QED) is 0.245. The third-order valence-electron chi connectivity index (χ3n) is 12.6. The molecule has 0 aromatic heterocycles. The second kappa shape index (κ2) is 16.0. The summed E-state index contributed by atoms with van der Waals surface area (Å²) in [6, 6.07) is -0.762. The fourth-order valence-corrected chi connectivity index (χ4v) is 8.98. The molecule has 4 aliphatic rings. The maximum atomic E-state index is 14.1. The molecule has 1 aliphatic carbocycles. The Kier molecular flexibility index (Phi) is 13.4. The highest BCUT2D eigenvalue weighted by Gasteiger charge is 2.70. The zero-order valence-corrected chi connectivity index (χ0v) is 33.1. The van der Waals surface area contributed by atoms with Crippen molar-refractivity contribution in [2.45, 2.75) is 172 Å². The number of hydrogen-bond donors (Lipinski definition) is 5. The Bertz CT molecular complexity index is 1180. The molecule has 4 fully saturated rings. The number of fused-ring (bicyclic) bond motifs is 1. The first-order valence-corrected chi connectivity index (χ1v) is 18.7. The first kappa shape index (κ1) is 42.7. The highest BCUT2D eigenvalue weighted by atomic mass is 16.7. The number of ether oxygens (including phenoxy) is 6. The van der Waals surface area contributed by atoms with E-state index in [1.807, 2.05) is 58.6 Å². The molecular formula is C37H68N2O12. The number of esters is 1. The molecular weight excluding hydrogens is 664 g/mol. The average molecular weight is 733 g/mol. The van der Waals surface area contributed by atoms with Crippen LogP contribution >= 0.6 is 0 Å². The van der Waals surface area contributed by atoms with Gasteiger partial charge in [-0.2, -0.15) is 0 Å². The van der Waals surface area contributed by atoms with Crippen LogP contribution in [0.15, 0.2) is 0 Å². The molecule has 0 aromatic carbocycles. The lowest BCUT2D eigenvalue weighted by molar-refractivity contribution is -0.317. The van der Waals surface area contributed by atoms with Crippen molar-refractivity contribution in [2.75, 3.05) is 34.8 Å². The van der Waals surface area contributed by atoms with E-state index in [0.29, 0.717) is 13.0 Å². The van der Waals surface area contributed by atoms with Gasteiger partial charge in [-0.3, -0.25) is 4.79 Å². The maximum absolute atomic E-state index is 14.1. The van der Waals surface area contributed by atoms with Crippen LogP contribution in [0.3, 0.4) is 0 Å². The van der Waals surface area contributed by atoms with Gasteiger partial charge < -0.3 is 63.8 Å². The van der Waals surface area contributed by atoms with Crippen molar-refractivity contribution in [1.29, 1.82) is 0 Å². The van der Waals surface area contributed by atoms with Crippen LogP contribution in [0.25, 0.3) is 0 Å². The summed E-state index contributed by atoms with van der Waals surface area (Å²) in [4.78, 5) is 17.9. The Balaban J connectivity index is 1.78. The van der Waals surface area contributed by atoms with E-state index in [0.717, 1.165) is 0 Å². The van der Waals surface area contributed by atoms with E-state index in [1.54, 1.807) is 34.6 Å². The second-order valence-electron chi connectivity index (χ2n) is 17.1. The molecule has 0 spiro atoms. The summed E-state index contributed by atoms with van der Waals surface area (Å²) >= 11 is 0. The minimum atomic E-state index is -1.64. The molecule has 2 unspecified atom stereocenters. The van der Waals surface area contributed by atoms with E-state index in [9.17, 15) is 30.3 Å². The van der Waals surface area contributed by atoms with E-state index in [4.69, 9.17) is 28.4 Å². The fourth-order valence-electron chi connectivity index (χ4n) is 8.98. The van der Waals surface area contributed by atoms with Crippen molar-refractivity contribution >= 4 is 5.97 Å². The number of likely N-dealkylation sites (N-methyl/N-ethyl adjacent to an activating group) is 2. The number of carbonyl (C=O) groups is 1. The predicted molar refractivity (Wildman–Crippen MR) is 187 cm³/mol. The molecule has 51 heavy (non-hydrogen) atoms. The minimum absolute atomic E-state index is 0.128. The van der Waals surface area contributed by atoms with Gasteiger partial charge in [0.1, 0.15) is 30.0 Å². The lowest BCUT2D eigenvalue weighted by atomic mass is 9.77. The van der Waals surface area contributed by atoms with Crippen molar-refractivity contribution in [3.63, 3.8) is 0 Å². The Hall–Kier alpha value is -1.01. The first-order valence-electron chi connectivity index (χ1n) is 18.7. The maximum Gasteiger partial charge on any atom is 0.311 e. The molecule has 3 aliphatic heterocycles. The number of hydrogen-bond acceptors (Lipinski definition) is 14. The molecule has 14 heteroatoms. The molecule has 0 radical (unpaired) electrons. The van der Waals surface area contributed by atoms with Crippen LogP contribution in [0.1, 0.15) is 81.6 Å². The van der Waals surface area contributed by atoms with E-state index < -0.39 is 102 Å². The monoisotopic (exact) mass is 732 g/mol. The molecule has 3 heterocycles. The van der Waals surface area contributed by atoms with Gasteiger partial charge in [0.05, 0.1) is 41.5 Å². The van der Waals surface area contributed by atoms with Gasteiger partial charge in [-0.25, -0.2) is 0 Å². The standard InChI is InChI=1S/C37H68N2O12/c1-18-15-35(8,44)31(51-34-27(40)25(38(10)11)14-19(2)47-34)20(3)28(49-26-16-36(9,46-13)30(42)24(7)48-26)21(4)33(43)50-32-22(5)37(32,45)29(41)23(6)39(12)17-18/h18-32,34,40-42,44-45H,14-17H2,1-13H3/t18-,19+,20-,21+,22?,23+,24-,25-,26-,27+,28-,29+,30-,31+,32+,34-,35?,36+,37-/m0/s1. The molecule has 0 aromatic rings. The van der Waals surface area contributed by atoms with Gasteiger partial charge in [0.15, 0.2) is 12.6 Å². The summed E-state index contributed by atoms with van der Waals surface area (Å²) in [6.07, 6.45) is -8.14. The van der Waals surface area contributed by atoms with E-state index >= 15 is 0 Å². The fraction of sp³-hybridized carbons (Fsp3) is 0.973. The molecule has 5 N–H and O–H groups in total. The van der Waals surface area contributed by atoms with Crippen LogP contribution in [0.4, 0.5) is 0 Å². The van der Waals surface area contributed by atoms with Gasteiger partial charge in [-0.05, 0) is 81.4 Å². The highest BCUT2D eigenvalue weighted by molar-refractivity contribution is 5.73. The van der Waals surface area contributed by atoms with Crippen molar-refractivity contribution in [3.8, 4) is 0 Å². The van der Waals surface area contributed by atoms with Crippen LogP contribution in [0.2, 0.25) is 0 Å². The Morgan fingerprint density at radius 2 is 1.55 bits per heavy atom. The molecule has 14 nitrogen and oxygen atoms in total. The molecule has 4 rings (SSSR count). The summed E-state index contributed by atoms with van der Waals surface area (Å²) in [6.45, 7) is 16.6. The summed E-state index contributed by atoms with van der Waals surface area (Å²) in [5, 5.41) is 57.8. The van der Waals surface area contributed by atoms with Crippen molar-refractivity contribution in [2.24, 2.45) is 23.7 Å². The number of carbonyl (C=O) groups excluding carboxylic acids is 1. The lowest BCUT2D eigenvalue weighted by Crippen LogP contribution is -2.60. The number of methoxy groups -OCH3 is 1. The van der Waals surface area contributed by atoms with Crippen molar-refractivity contribution in [3.05, 3.63) is 0 Å². The van der Waals surface area contributed by atoms with Crippen LogP contribution in [0, 0.1) is 23.7 Å². The molecule has 19 atom stereocenters. The normalized spacial score (nSPS) is 52.4. The van der Waals surface area contributed by atoms with Crippen LogP contribution in [-0.2, 0) is 33.2 Å². The third-order valence-corrected chi connectivity index (χ3v) is 12.6. The summed E-state index contributed by atoms with van der Waals surface area (Å²) in [5.74, 6) is -3.02. The van der Waals surface area contributed by atoms with Gasteiger partial charge in [0.25, 0.3) is 0 Å². The lowest BCUT2D eigenvalue weighted by Gasteiger charge is -2.48. The topological polar surface area (TPSA) is 180 Å². The summed E-state index contributed by atoms with van der Waals surface area (Å²) in [5.41, 5.74) is -4.20. The molecule has 1 saturated carbocycles.